The maximum atomic E-state index is 8.98. The molecule has 1 aromatic carbocycles. The van der Waals surface area contributed by atoms with Crippen LogP contribution in [0.4, 0.5) is 11.4 Å². The summed E-state index contributed by atoms with van der Waals surface area (Å²) in [6.45, 7) is 8.19. The third kappa shape index (κ3) is 5.21. The molecule has 0 radical (unpaired) electrons. The van der Waals surface area contributed by atoms with Crippen molar-refractivity contribution in [1.82, 2.24) is 0 Å². The van der Waals surface area contributed by atoms with E-state index in [1.54, 1.807) is 0 Å². The summed E-state index contributed by atoms with van der Waals surface area (Å²) in [5, 5.41) is 8.98. The fraction of sp³-hybridized carbons (Fsp3) is 0.562. The molecule has 3 heteroatoms. The van der Waals surface area contributed by atoms with E-state index in [0.717, 1.165) is 38.0 Å². The number of unbranched alkanes of at least 4 members (excludes halogenated alkanes) is 1. The molecule has 0 aliphatic carbocycles. The molecular weight excluding hydrogens is 234 g/mol. The van der Waals surface area contributed by atoms with Gasteiger partial charge in [-0.15, -0.1) is 0 Å². The molecule has 0 bridgehead atoms. The van der Waals surface area contributed by atoms with Gasteiger partial charge in [0, 0.05) is 24.5 Å². The predicted octanol–water partition coefficient (Wildman–Crippen LogP) is 3.82. The molecule has 0 amide bonds. The number of nitriles is 1. The lowest BCUT2D eigenvalue weighted by Gasteiger charge is -2.24. The molecule has 1 rings (SSSR count). The Morgan fingerprint density at radius 3 is 2.37 bits per heavy atom. The molecule has 0 atom stereocenters. The smallest absolute Gasteiger partial charge is 0.0683 e. The van der Waals surface area contributed by atoms with E-state index in [-0.39, 0.29) is 5.41 Å². The largest absolute Gasteiger partial charge is 0.399 e. The van der Waals surface area contributed by atoms with Gasteiger partial charge in [0.05, 0.1) is 11.5 Å². The molecule has 3 nitrogen and oxygen atoms in total. The number of nitrogens with two attached hydrogens (primary N) is 1. The van der Waals surface area contributed by atoms with Gasteiger partial charge in [-0.3, -0.25) is 0 Å². The average Bonchev–Trinajstić information content (AvgIpc) is 2.40. The number of rotatable bonds is 7. The van der Waals surface area contributed by atoms with Crippen LogP contribution in [0.3, 0.4) is 0 Å². The number of hydrogen-bond acceptors (Lipinski definition) is 3. The summed E-state index contributed by atoms with van der Waals surface area (Å²) in [5.41, 5.74) is 7.53. The minimum absolute atomic E-state index is 0.196. The zero-order chi connectivity index (χ0) is 14.3. The molecule has 1 aromatic rings. The number of hydrogen-bond donors (Lipinski definition) is 1. The lowest BCUT2D eigenvalue weighted by molar-refractivity contribution is 0.427. The first-order chi connectivity index (χ1) is 8.98. The quantitative estimate of drug-likeness (QED) is 0.598. The molecule has 2 N–H and O–H groups in total. The topological polar surface area (TPSA) is 53.0 Å². The van der Waals surface area contributed by atoms with E-state index in [2.05, 4.69) is 30.0 Å². The van der Waals surface area contributed by atoms with Crippen molar-refractivity contribution < 1.29 is 0 Å². The summed E-state index contributed by atoms with van der Waals surface area (Å²) in [5.74, 6) is 0. The van der Waals surface area contributed by atoms with Crippen molar-refractivity contribution in [3.8, 4) is 6.07 Å². The molecule has 19 heavy (non-hydrogen) atoms. The van der Waals surface area contributed by atoms with E-state index in [1.807, 2.05) is 26.0 Å². The maximum absolute atomic E-state index is 8.98. The molecular formula is C16H25N3. The first-order valence-corrected chi connectivity index (χ1v) is 7.00. The van der Waals surface area contributed by atoms with Crippen LogP contribution in [0.1, 0.15) is 40.0 Å². The lowest BCUT2D eigenvalue weighted by atomic mass is 9.89. The van der Waals surface area contributed by atoms with Crippen molar-refractivity contribution in [1.29, 1.82) is 5.26 Å². The van der Waals surface area contributed by atoms with Gasteiger partial charge in [-0.05, 0) is 57.9 Å². The van der Waals surface area contributed by atoms with Crippen LogP contribution in [-0.2, 0) is 0 Å². The van der Waals surface area contributed by atoms with Crippen LogP contribution >= 0.6 is 0 Å². The van der Waals surface area contributed by atoms with E-state index in [1.165, 1.54) is 5.69 Å². The molecule has 0 fully saturated rings. The molecule has 104 valence electrons. The van der Waals surface area contributed by atoms with Crippen LogP contribution in [0.15, 0.2) is 24.3 Å². The van der Waals surface area contributed by atoms with Crippen molar-refractivity contribution in [2.75, 3.05) is 23.7 Å². The minimum Gasteiger partial charge on any atom is -0.399 e. The van der Waals surface area contributed by atoms with Crippen LogP contribution in [0.25, 0.3) is 0 Å². The van der Waals surface area contributed by atoms with Crippen molar-refractivity contribution in [3.05, 3.63) is 24.3 Å². The van der Waals surface area contributed by atoms with Crippen molar-refractivity contribution in [3.63, 3.8) is 0 Å². The van der Waals surface area contributed by atoms with E-state index < -0.39 is 0 Å². The Kier molecular flexibility index (Phi) is 5.69. The van der Waals surface area contributed by atoms with Gasteiger partial charge in [0.2, 0.25) is 0 Å². The minimum atomic E-state index is -0.196. The number of nitrogen functional groups attached to an aromatic ring is 1. The number of anilines is 2. The monoisotopic (exact) mass is 259 g/mol. The molecule has 0 saturated carbocycles. The average molecular weight is 259 g/mol. The normalized spacial score (nSPS) is 11.1. The Morgan fingerprint density at radius 2 is 1.84 bits per heavy atom. The fourth-order valence-corrected chi connectivity index (χ4v) is 2.08. The van der Waals surface area contributed by atoms with Gasteiger partial charge in [0.1, 0.15) is 0 Å². The summed E-state index contributed by atoms with van der Waals surface area (Å²) < 4.78 is 0. The zero-order valence-electron chi connectivity index (χ0n) is 12.3. The predicted molar refractivity (Wildman–Crippen MR) is 82.0 cm³/mol. The Hall–Kier alpha value is -1.69. The second-order valence-electron chi connectivity index (χ2n) is 5.62. The fourth-order valence-electron chi connectivity index (χ4n) is 2.08. The van der Waals surface area contributed by atoms with E-state index in [9.17, 15) is 0 Å². The summed E-state index contributed by atoms with van der Waals surface area (Å²) >= 11 is 0. The van der Waals surface area contributed by atoms with Crippen LogP contribution in [0.5, 0.6) is 0 Å². The highest BCUT2D eigenvalue weighted by atomic mass is 15.1. The Morgan fingerprint density at radius 1 is 1.21 bits per heavy atom. The third-order valence-corrected chi connectivity index (χ3v) is 3.42. The standard InChI is InChI=1S/C16H25N3/c1-4-19(15-9-7-14(18)8-10-15)12-6-5-11-16(2,3)13-17/h7-10H,4-6,11-12,18H2,1-3H3. The highest BCUT2D eigenvalue weighted by Crippen LogP contribution is 2.22. The first kappa shape index (κ1) is 15.4. The molecule has 0 aromatic heterocycles. The Bertz CT molecular complexity index is 415. The summed E-state index contributed by atoms with van der Waals surface area (Å²) in [6, 6.07) is 10.4. The second kappa shape index (κ2) is 7.04. The van der Waals surface area contributed by atoms with Gasteiger partial charge in [-0.1, -0.05) is 6.42 Å². The molecule has 0 aliphatic rings. The molecule has 0 spiro atoms. The first-order valence-electron chi connectivity index (χ1n) is 7.00. The van der Waals surface area contributed by atoms with Gasteiger partial charge in [0.25, 0.3) is 0 Å². The zero-order valence-corrected chi connectivity index (χ0v) is 12.3. The van der Waals surface area contributed by atoms with Crippen molar-refractivity contribution in [2.45, 2.75) is 40.0 Å². The van der Waals surface area contributed by atoms with Crippen LogP contribution < -0.4 is 10.6 Å². The van der Waals surface area contributed by atoms with Crippen LogP contribution in [0.2, 0.25) is 0 Å². The van der Waals surface area contributed by atoms with Gasteiger partial charge in [0.15, 0.2) is 0 Å². The molecule has 0 saturated heterocycles. The number of nitrogens with zero attached hydrogens (tertiary/aromatic N) is 2. The number of benzene rings is 1. The van der Waals surface area contributed by atoms with Gasteiger partial charge in [-0.2, -0.15) is 5.26 Å². The van der Waals surface area contributed by atoms with E-state index >= 15 is 0 Å². The highest BCUT2D eigenvalue weighted by Gasteiger charge is 2.15. The van der Waals surface area contributed by atoms with E-state index in [0.29, 0.717) is 0 Å². The Labute approximate surface area is 117 Å². The van der Waals surface area contributed by atoms with E-state index in [4.69, 9.17) is 11.0 Å². The molecule has 0 aliphatic heterocycles. The van der Waals surface area contributed by atoms with Crippen molar-refractivity contribution in [2.24, 2.45) is 5.41 Å². The SMILES string of the molecule is CCN(CCCCC(C)(C)C#N)c1ccc(N)cc1. The molecule has 0 heterocycles. The summed E-state index contributed by atoms with van der Waals surface area (Å²) in [4.78, 5) is 2.35. The highest BCUT2D eigenvalue weighted by molar-refractivity contribution is 5.52. The third-order valence-electron chi connectivity index (χ3n) is 3.42. The Balaban J connectivity index is 2.42. The van der Waals surface area contributed by atoms with Crippen LogP contribution in [0, 0.1) is 16.7 Å². The lowest BCUT2D eigenvalue weighted by Crippen LogP contribution is -2.24. The van der Waals surface area contributed by atoms with Crippen LogP contribution in [-0.4, -0.2) is 13.1 Å². The van der Waals surface area contributed by atoms with Crippen molar-refractivity contribution >= 4 is 11.4 Å². The molecule has 0 unspecified atom stereocenters. The van der Waals surface area contributed by atoms with Gasteiger partial charge >= 0.3 is 0 Å². The summed E-state index contributed by atoms with van der Waals surface area (Å²) in [7, 11) is 0. The van der Waals surface area contributed by atoms with Gasteiger partial charge in [-0.25, -0.2) is 0 Å². The maximum Gasteiger partial charge on any atom is 0.0683 e. The summed E-state index contributed by atoms with van der Waals surface area (Å²) in [6.07, 6.45) is 3.16. The van der Waals surface area contributed by atoms with Gasteiger partial charge < -0.3 is 10.6 Å². The second-order valence-corrected chi connectivity index (χ2v) is 5.62.